The minimum Gasteiger partial charge on any atom is -0.356 e. The lowest BCUT2D eigenvalue weighted by molar-refractivity contribution is 0.198. The van der Waals surface area contributed by atoms with E-state index in [9.17, 15) is 4.79 Å². The summed E-state index contributed by atoms with van der Waals surface area (Å²) < 4.78 is 2.07. The molecule has 0 radical (unpaired) electrons. The first-order valence-electron chi connectivity index (χ1n) is 8.87. The molecule has 0 unspecified atom stereocenters. The molecule has 0 atom stereocenters. The molecule has 1 aliphatic rings. The summed E-state index contributed by atoms with van der Waals surface area (Å²) in [4.78, 5) is 23.6. The second kappa shape index (κ2) is 7.07. The van der Waals surface area contributed by atoms with Gasteiger partial charge in [-0.3, -0.25) is 0 Å². The molecule has 7 heteroatoms. The normalized spacial score (nSPS) is 14.3. The highest BCUT2D eigenvalue weighted by molar-refractivity contribution is 7.99. The second-order valence-corrected chi connectivity index (χ2v) is 7.69. The van der Waals surface area contributed by atoms with Gasteiger partial charge in [0.05, 0.1) is 18.6 Å². The maximum absolute atomic E-state index is 12.6. The van der Waals surface area contributed by atoms with Gasteiger partial charge in [0.2, 0.25) is 0 Å². The third-order valence-corrected chi connectivity index (χ3v) is 6.09. The summed E-state index contributed by atoms with van der Waals surface area (Å²) in [5.41, 5.74) is 4.45. The number of aromatic amines is 1. The molecule has 0 bridgehead atoms. The van der Waals surface area contributed by atoms with Crippen molar-refractivity contribution in [1.29, 1.82) is 0 Å². The van der Waals surface area contributed by atoms with E-state index in [2.05, 4.69) is 38.1 Å². The van der Waals surface area contributed by atoms with Gasteiger partial charge in [0.15, 0.2) is 0 Å². The number of para-hydroxylation sites is 1. The van der Waals surface area contributed by atoms with Crippen LogP contribution in [0.5, 0.6) is 0 Å². The average Bonchev–Trinajstić information content (AvgIpc) is 3.06. The van der Waals surface area contributed by atoms with Gasteiger partial charge in [-0.05, 0) is 19.9 Å². The lowest BCUT2D eigenvalue weighted by atomic mass is 10.2. The fourth-order valence-corrected chi connectivity index (χ4v) is 4.45. The van der Waals surface area contributed by atoms with Crippen LogP contribution in [0.1, 0.15) is 17.1 Å². The van der Waals surface area contributed by atoms with Gasteiger partial charge in [-0.1, -0.05) is 18.2 Å². The molecule has 2 amide bonds. The number of H-pyrrole nitrogens is 1. The van der Waals surface area contributed by atoms with Gasteiger partial charge < -0.3 is 19.8 Å². The van der Waals surface area contributed by atoms with Gasteiger partial charge in [0, 0.05) is 52.6 Å². The third-order valence-electron chi connectivity index (χ3n) is 4.95. The summed E-state index contributed by atoms with van der Waals surface area (Å²) in [5.74, 6) is 0.905. The number of fused-ring (bicyclic) bond motifs is 3. The van der Waals surface area contributed by atoms with Crippen LogP contribution in [0.4, 0.5) is 4.79 Å². The highest BCUT2D eigenvalue weighted by Crippen LogP contribution is 2.34. The fraction of sp³-hybridized carbons (Fsp3) is 0.368. The maximum Gasteiger partial charge on any atom is 0.317 e. The predicted octanol–water partition coefficient (Wildman–Crippen LogP) is 3.30. The molecule has 0 spiro atoms. The Balaban J connectivity index is 1.41. The van der Waals surface area contributed by atoms with Crippen LogP contribution in [-0.2, 0) is 13.1 Å². The number of carbonyl (C=O) groups is 1. The summed E-state index contributed by atoms with van der Waals surface area (Å²) in [5, 5.41) is 4.30. The highest BCUT2D eigenvalue weighted by Gasteiger charge is 2.22. The molecule has 0 aliphatic carbocycles. The van der Waals surface area contributed by atoms with Crippen molar-refractivity contribution < 1.29 is 4.79 Å². The van der Waals surface area contributed by atoms with Crippen molar-refractivity contribution in [3.63, 3.8) is 0 Å². The lowest BCUT2D eigenvalue weighted by Crippen LogP contribution is -2.41. The van der Waals surface area contributed by atoms with Crippen molar-refractivity contribution in [2.24, 2.45) is 0 Å². The summed E-state index contributed by atoms with van der Waals surface area (Å²) in [6.07, 6.45) is 1.83. The molecule has 0 fully saturated rings. The zero-order valence-electron chi connectivity index (χ0n) is 15.1. The molecule has 2 aromatic heterocycles. The number of thioether (sulfide) groups is 1. The maximum atomic E-state index is 12.6. The first-order valence-corrected chi connectivity index (χ1v) is 9.85. The molecular formula is C19H23N5OS. The van der Waals surface area contributed by atoms with Gasteiger partial charge in [-0.2, -0.15) is 0 Å². The molecule has 3 aromatic rings. The summed E-state index contributed by atoms with van der Waals surface area (Å²) in [7, 11) is 0. The minimum absolute atomic E-state index is 0.00778. The zero-order chi connectivity index (χ0) is 18.1. The van der Waals surface area contributed by atoms with Crippen LogP contribution >= 0.6 is 11.8 Å². The monoisotopic (exact) mass is 369 g/mol. The van der Waals surface area contributed by atoms with Crippen LogP contribution < -0.4 is 5.32 Å². The number of imidazole rings is 1. The van der Waals surface area contributed by atoms with E-state index in [1.54, 1.807) is 0 Å². The fourth-order valence-electron chi connectivity index (χ4n) is 3.31. The molecule has 1 aromatic carbocycles. The lowest BCUT2D eigenvalue weighted by Gasteiger charge is -2.20. The zero-order valence-corrected chi connectivity index (χ0v) is 15.9. The smallest absolute Gasteiger partial charge is 0.317 e. The van der Waals surface area contributed by atoms with Gasteiger partial charge >= 0.3 is 6.03 Å². The van der Waals surface area contributed by atoms with E-state index in [1.807, 2.05) is 42.9 Å². The number of aryl methyl sites for hydroxylation is 1. The van der Waals surface area contributed by atoms with Crippen LogP contribution in [-0.4, -0.2) is 44.3 Å². The Kier molecular flexibility index (Phi) is 4.63. The number of rotatable bonds is 3. The predicted molar refractivity (Wildman–Crippen MR) is 105 cm³/mol. The molecule has 4 rings (SSSR count). The van der Waals surface area contributed by atoms with Crippen LogP contribution in [0.25, 0.3) is 10.9 Å². The van der Waals surface area contributed by atoms with E-state index in [0.29, 0.717) is 13.1 Å². The Morgan fingerprint density at radius 3 is 3.00 bits per heavy atom. The highest BCUT2D eigenvalue weighted by atomic mass is 32.2. The summed E-state index contributed by atoms with van der Waals surface area (Å²) >= 11 is 1.83. The van der Waals surface area contributed by atoms with Crippen LogP contribution in [0.2, 0.25) is 0 Å². The largest absolute Gasteiger partial charge is 0.356 e. The van der Waals surface area contributed by atoms with E-state index in [0.717, 1.165) is 41.4 Å². The quantitative estimate of drug-likeness (QED) is 0.744. The Morgan fingerprint density at radius 2 is 2.19 bits per heavy atom. The Hall–Kier alpha value is -2.41. The minimum atomic E-state index is -0.00778. The first-order chi connectivity index (χ1) is 12.6. The molecular weight excluding hydrogens is 346 g/mol. The van der Waals surface area contributed by atoms with Gasteiger partial charge in [-0.25, -0.2) is 9.78 Å². The third kappa shape index (κ3) is 3.19. The molecule has 6 nitrogen and oxygen atoms in total. The molecule has 136 valence electrons. The first kappa shape index (κ1) is 17.0. The van der Waals surface area contributed by atoms with E-state index in [1.165, 1.54) is 10.3 Å². The molecule has 0 saturated carbocycles. The number of aromatic nitrogens is 3. The van der Waals surface area contributed by atoms with Gasteiger partial charge in [0.25, 0.3) is 0 Å². The van der Waals surface area contributed by atoms with E-state index in [4.69, 9.17) is 0 Å². The van der Waals surface area contributed by atoms with Crippen molar-refractivity contribution in [3.05, 3.63) is 47.7 Å². The SMILES string of the molecule is Cc1ncn(CCNC(=O)N2CCSc3c([nH]c4ccccc34)C2)c1C. The molecule has 26 heavy (non-hydrogen) atoms. The number of hydrogen-bond acceptors (Lipinski definition) is 3. The number of nitrogens with one attached hydrogen (secondary N) is 2. The van der Waals surface area contributed by atoms with E-state index >= 15 is 0 Å². The summed E-state index contributed by atoms with van der Waals surface area (Å²) in [6.45, 7) is 6.74. The van der Waals surface area contributed by atoms with Crippen LogP contribution in [0.15, 0.2) is 35.5 Å². The number of amides is 2. The number of benzene rings is 1. The number of hydrogen-bond donors (Lipinski definition) is 2. The Bertz CT molecular complexity index is 945. The standard InChI is InChI=1S/C19H23N5OS/c1-13-14(2)24(12-21-13)8-7-20-19(25)23-9-10-26-18-15-5-3-4-6-16(15)22-17(18)11-23/h3-6,12,22H,7-11H2,1-2H3,(H,20,25). The van der Waals surface area contributed by atoms with Crippen LogP contribution in [0, 0.1) is 13.8 Å². The van der Waals surface area contributed by atoms with Crippen molar-refractivity contribution >= 4 is 28.7 Å². The van der Waals surface area contributed by atoms with Crippen molar-refractivity contribution in [3.8, 4) is 0 Å². The number of urea groups is 1. The number of nitrogens with zero attached hydrogens (tertiary/aromatic N) is 3. The average molecular weight is 369 g/mol. The van der Waals surface area contributed by atoms with Crippen molar-refractivity contribution in [1.82, 2.24) is 24.8 Å². The molecule has 2 N–H and O–H groups in total. The topological polar surface area (TPSA) is 66.0 Å². The Morgan fingerprint density at radius 1 is 1.35 bits per heavy atom. The Labute approximate surface area is 157 Å². The van der Waals surface area contributed by atoms with Crippen molar-refractivity contribution in [2.75, 3.05) is 18.8 Å². The summed E-state index contributed by atoms with van der Waals surface area (Å²) in [6, 6.07) is 8.32. The van der Waals surface area contributed by atoms with E-state index in [-0.39, 0.29) is 6.03 Å². The number of carbonyl (C=O) groups excluding carboxylic acids is 1. The molecule has 3 heterocycles. The van der Waals surface area contributed by atoms with E-state index < -0.39 is 0 Å². The van der Waals surface area contributed by atoms with Gasteiger partial charge in [0.1, 0.15) is 0 Å². The van der Waals surface area contributed by atoms with Gasteiger partial charge in [-0.15, -0.1) is 11.8 Å². The molecule has 1 aliphatic heterocycles. The molecule has 0 saturated heterocycles. The van der Waals surface area contributed by atoms with Crippen LogP contribution in [0.3, 0.4) is 0 Å². The van der Waals surface area contributed by atoms with Crippen molar-refractivity contribution in [2.45, 2.75) is 31.8 Å². The second-order valence-electron chi connectivity index (χ2n) is 6.59.